The molecule has 2 amide bonds. The largest absolute Gasteiger partial charge is 0.489 e. The summed E-state index contributed by atoms with van der Waals surface area (Å²) >= 11 is 0. The van der Waals surface area contributed by atoms with Gasteiger partial charge in [0.05, 0.1) is 7.11 Å². The minimum absolute atomic E-state index is 0.0358. The molecule has 0 saturated carbocycles. The van der Waals surface area contributed by atoms with Crippen molar-refractivity contribution < 1.29 is 14.3 Å². The van der Waals surface area contributed by atoms with Crippen LogP contribution in [0.2, 0.25) is 0 Å². The molecule has 0 heterocycles. The molecule has 0 unspecified atom stereocenters. The Kier molecular flexibility index (Phi) is 10.4. The number of methoxy groups -OCH3 is 1. The van der Waals surface area contributed by atoms with Crippen molar-refractivity contribution in [2.75, 3.05) is 27.2 Å². The number of allylic oxidation sites excluding steroid dienone is 2. The van der Waals surface area contributed by atoms with E-state index in [0.29, 0.717) is 31.5 Å². The molecule has 4 N–H and O–H groups in total. The van der Waals surface area contributed by atoms with Gasteiger partial charge < -0.3 is 15.4 Å². The summed E-state index contributed by atoms with van der Waals surface area (Å²) < 4.78 is 5.35. The Morgan fingerprint density at radius 2 is 2.00 bits per heavy atom. The zero-order chi connectivity index (χ0) is 21.6. The number of hydrazine groups is 1. The van der Waals surface area contributed by atoms with Crippen LogP contribution >= 0.6 is 0 Å². The molecular formula is C23H32N4O3. The predicted molar refractivity (Wildman–Crippen MR) is 117 cm³/mol. The molecule has 1 aliphatic carbocycles. The number of hydrogen-bond donors (Lipinski definition) is 4. The van der Waals surface area contributed by atoms with Crippen LogP contribution in [-0.4, -0.2) is 39.1 Å². The minimum Gasteiger partial charge on any atom is -0.489 e. The van der Waals surface area contributed by atoms with Gasteiger partial charge in [-0.1, -0.05) is 30.0 Å². The Hall–Kier alpha value is -2.86. The lowest BCUT2D eigenvalue weighted by atomic mass is 10.1. The van der Waals surface area contributed by atoms with Crippen LogP contribution in [0.3, 0.4) is 0 Å². The Morgan fingerprint density at radius 1 is 1.17 bits per heavy atom. The second-order valence-corrected chi connectivity index (χ2v) is 6.93. The first kappa shape index (κ1) is 23.4. The Bertz CT molecular complexity index is 810. The summed E-state index contributed by atoms with van der Waals surface area (Å²) in [6.45, 7) is 1.95. The van der Waals surface area contributed by atoms with E-state index in [-0.39, 0.29) is 11.8 Å². The van der Waals surface area contributed by atoms with E-state index in [1.54, 1.807) is 20.2 Å². The molecule has 0 bridgehead atoms. The predicted octanol–water partition coefficient (Wildman–Crippen LogP) is 2.33. The molecule has 0 aromatic heterocycles. The molecule has 0 atom stereocenters. The lowest BCUT2D eigenvalue weighted by molar-refractivity contribution is -0.121. The zero-order valence-electron chi connectivity index (χ0n) is 17.8. The maximum Gasteiger partial charge on any atom is 0.265 e. The third-order valence-electron chi connectivity index (χ3n) is 4.72. The molecular weight excluding hydrogens is 380 g/mol. The molecule has 0 radical (unpaired) electrons. The molecule has 7 heteroatoms. The van der Waals surface area contributed by atoms with E-state index in [1.807, 2.05) is 24.3 Å². The van der Waals surface area contributed by atoms with E-state index in [4.69, 9.17) is 4.74 Å². The van der Waals surface area contributed by atoms with Crippen molar-refractivity contribution in [3.8, 4) is 0 Å². The number of carbonyl (C=O) groups is 2. The summed E-state index contributed by atoms with van der Waals surface area (Å²) in [4.78, 5) is 24.2. The smallest absolute Gasteiger partial charge is 0.265 e. The van der Waals surface area contributed by atoms with Crippen molar-refractivity contribution in [3.05, 3.63) is 64.6 Å². The molecule has 30 heavy (non-hydrogen) atoms. The quantitative estimate of drug-likeness (QED) is 0.240. The van der Waals surface area contributed by atoms with E-state index in [9.17, 15) is 9.59 Å². The topological polar surface area (TPSA) is 91.5 Å². The van der Waals surface area contributed by atoms with Gasteiger partial charge in [-0.15, -0.1) is 0 Å². The molecule has 7 nitrogen and oxygen atoms in total. The number of amides is 2. The van der Waals surface area contributed by atoms with Crippen LogP contribution in [0.5, 0.6) is 0 Å². The summed E-state index contributed by atoms with van der Waals surface area (Å²) in [6.07, 6.45) is 7.89. The van der Waals surface area contributed by atoms with Gasteiger partial charge in [0.25, 0.3) is 5.91 Å². The van der Waals surface area contributed by atoms with Gasteiger partial charge in [0.2, 0.25) is 5.91 Å². The highest BCUT2D eigenvalue weighted by Crippen LogP contribution is 2.19. The minimum atomic E-state index is -0.159. The Labute approximate surface area is 178 Å². The first-order valence-electron chi connectivity index (χ1n) is 10.4. The average molecular weight is 413 g/mol. The standard InChI is InChI=1S/C23H32N4O3/c1-24-27-23(29)20-11-7-6-10-19(20)17-25-15-8-16-26-22(28)14-13-18-9-4-3-5-12-21(18)30-2/h5-7,9-11,24-25H,3-4,8,13-17H2,1-2H3,(H,26,28)(H,27,29). The summed E-state index contributed by atoms with van der Waals surface area (Å²) in [5, 5.41) is 6.28. The fourth-order valence-electron chi connectivity index (χ4n) is 3.17. The number of ether oxygens (including phenoxy) is 1. The van der Waals surface area contributed by atoms with Crippen LogP contribution in [0.1, 0.15) is 48.0 Å². The van der Waals surface area contributed by atoms with Crippen molar-refractivity contribution in [3.63, 3.8) is 0 Å². The van der Waals surface area contributed by atoms with Crippen molar-refractivity contribution in [2.24, 2.45) is 0 Å². The number of benzene rings is 1. The molecule has 0 saturated heterocycles. The number of rotatable bonds is 12. The lowest BCUT2D eigenvalue weighted by Crippen LogP contribution is -2.35. The molecule has 0 fully saturated rings. The first-order valence-corrected chi connectivity index (χ1v) is 10.4. The van der Waals surface area contributed by atoms with Crippen molar-refractivity contribution in [2.45, 2.75) is 38.6 Å². The molecule has 1 aromatic carbocycles. The van der Waals surface area contributed by atoms with Crippen LogP contribution in [-0.2, 0) is 16.1 Å². The van der Waals surface area contributed by atoms with Gasteiger partial charge in [0.15, 0.2) is 5.76 Å². The van der Waals surface area contributed by atoms with Crippen LogP contribution < -0.4 is 21.5 Å². The van der Waals surface area contributed by atoms with Crippen molar-refractivity contribution >= 4 is 11.8 Å². The molecule has 2 rings (SSSR count). The van der Waals surface area contributed by atoms with Crippen LogP contribution in [0.25, 0.3) is 0 Å². The van der Waals surface area contributed by atoms with Gasteiger partial charge in [-0.2, -0.15) is 0 Å². The van der Waals surface area contributed by atoms with Gasteiger partial charge in [-0.05, 0) is 55.5 Å². The van der Waals surface area contributed by atoms with Gasteiger partial charge in [0, 0.05) is 32.1 Å². The van der Waals surface area contributed by atoms with Crippen LogP contribution in [0, 0.1) is 0 Å². The highest BCUT2D eigenvalue weighted by Gasteiger charge is 2.11. The number of hydrogen-bond acceptors (Lipinski definition) is 5. The SMILES string of the molecule is CNNC(=O)c1ccccc1CNCCCNC(=O)CCC1=CCCC=C=C1OC. The fourth-order valence-corrected chi connectivity index (χ4v) is 3.17. The Balaban J connectivity index is 1.64. The maximum absolute atomic E-state index is 12.1. The second kappa shape index (κ2) is 13.4. The van der Waals surface area contributed by atoms with E-state index in [1.165, 1.54) is 0 Å². The van der Waals surface area contributed by atoms with Crippen LogP contribution in [0.15, 0.2) is 53.5 Å². The van der Waals surface area contributed by atoms with E-state index < -0.39 is 0 Å². The third kappa shape index (κ3) is 7.87. The lowest BCUT2D eigenvalue weighted by Gasteiger charge is -2.11. The molecule has 0 spiro atoms. The molecule has 1 aliphatic rings. The number of carbonyl (C=O) groups excluding carboxylic acids is 2. The highest BCUT2D eigenvalue weighted by molar-refractivity contribution is 5.95. The van der Waals surface area contributed by atoms with Gasteiger partial charge >= 0.3 is 0 Å². The number of nitrogens with one attached hydrogen (secondary N) is 4. The molecule has 0 aliphatic heterocycles. The van der Waals surface area contributed by atoms with Crippen LogP contribution in [0.4, 0.5) is 0 Å². The van der Waals surface area contributed by atoms with Crippen molar-refractivity contribution in [1.82, 2.24) is 21.5 Å². The van der Waals surface area contributed by atoms with Gasteiger partial charge in [-0.3, -0.25) is 15.0 Å². The second-order valence-electron chi connectivity index (χ2n) is 6.93. The summed E-state index contributed by atoms with van der Waals surface area (Å²) in [5.74, 6) is 0.606. The van der Waals surface area contributed by atoms with E-state index >= 15 is 0 Å². The maximum atomic E-state index is 12.1. The summed E-state index contributed by atoms with van der Waals surface area (Å²) in [7, 11) is 3.29. The highest BCUT2D eigenvalue weighted by atomic mass is 16.5. The van der Waals surface area contributed by atoms with E-state index in [0.717, 1.165) is 42.7 Å². The monoisotopic (exact) mass is 412 g/mol. The first-order chi connectivity index (χ1) is 14.7. The fraction of sp³-hybridized carbons (Fsp3) is 0.435. The summed E-state index contributed by atoms with van der Waals surface area (Å²) in [6, 6.07) is 7.49. The third-order valence-corrected chi connectivity index (χ3v) is 4.72. The van der Waals surface area contributed by atoms with Crippen molar-refractivity contribution in [1.29, 1.82) is 0 Å². The average Bonchev–Trinajstić information content (AvgIpc) is 3.00. The van der Waals surface area contributed by atoms with Gasteiger partial charge in [0.1, 0.15) is 0 Å². The molecule has 1 aromatic rings. The Morgan fingerprint density at radius 3 is 2.80 bits per heavy atom. The molecule has 162 valence electrons. The normalized spacial score (nSPS) is 13.1. The zero-order valence-corrected chi connectivity index (χ0v) is 17.8. The van der Waals surface area contributed by atoms with E-state index in [2.05, 4.69) is 33.3 Å². The van der Waals surface area contributed by atoms with Gasteiger partial charge in [-0.25, -0.2) is 5.43 Å². The summed E-state index contributed by atoms with van der Waals surface area (Å²) in [5.41, 5.74) is 11.0.